The molecule has 1 unspecified atom stereocenters. The average molecular weight is 338 g/mol. The highest BCUT2D eigenvalue weighted by atomic mass is 19.4. The van der Waals surface area contributed by atoms with Gasteiger partial charge in [-0.2, -0.15) is 13.2 Å². The molecule has 0 saturated carbocycles. The van der Waals surface area contributed by atoms with Crippen LogP contribution in [-0.2, 0) is 11.8 Å². The smallest absolute Gasteiger partial charge is 0.384 e. The van der Waals surface area contributed by atoms with Crippen LogP contribution in [0.4, 0.5) is 18.9 Å². The zero-order valence-electron chi connectivity index (χ0n) is 12.9. The molecular weight excluding hydrogens is 321 g/mol. The number of hydrogen-bond donors (Lipinski definition) is 3. The second kappa shape index (κ2) is 6.52. The van der Waals surface area contributed by atoms with E-state index in [9.17, 15) is 23.1 Å². The van der Waals surface area contributed by atoms with Crippen molar-refractivity contribution in [2.45, 2.75) is 18.7 Å². The molecule has 7 heteroatoms. The van der Waals surface area contributed by atoms with Gasteiger partial charge in [-0.3, -0.25) is 4.79 Å². The number of aliphatic hydroxyl groups is 1. The van der Waals surface area contributed by atoms with Crippen molar-refractivity contribution < 1.29 is 23.1 Å². The van der Waals surface area contributed by atoms with Gasteiger partial charge in [0.1, 0.15) is 5.60 Å². The molecule has 0 aliphatic rings. The van der Waals surface area contributed by atoms with Gasteiger partial charge in [0, 0.05) is 17.8 Å². The Labute approximate surface area is 137 Å². The third kappa shape index (κ3) is 4.26. The Morgan fingerprint density at radius 2 is 1.71 bits per heavy atom. The first-order valence-corrected chi connectivity index (χ1v) is 7.13. The van der Waals surface area contributed by atoms with E-state index in [0.717, 1.165) is 12.1 Å². The third-order valence-corrected chi connectivity index (χ3v) is 3.62. The molecule has 0 saturated heterocycles. The number of carbonyl (C=O) groups excluding carboxylic acids is 1. The summed E-state index contributed by atoms with van der Waals surface area (Å²) in [5.74, 6) is -0.558. The summed E-state index contributed by atoms with van der Waals surface area (Å²) in [7, 11) is 0. The highest BCUT2D eigenvalue weighted by molar-refractivity contribution is 5.93. The van der Waals surface area contributed by atoms with E-state index in [2.05, 4.69) is 5.32 Å². The topological polar surface area (TPSA) is 75.3 Å². The molecule has 1 amide bonds. The molecule has 0 radical (unpaired) electrons. The number of nitrogens with two attached hydrogens (primary N) is 1. The number of primary amides is 1. The van der Waals surface area contributed by atoms with E-state index in [1.165, 1.54) is 31.2 Å². The van der Waals surface area contributed by atoms with Crippen LogP contribution in [0.25, 0.3) is 0 Å². The summed E-state index contributed by atoms with van der Waals surface area (Å²) in [5.41, 5.74) is 3.91. The predicted molar refractivity (Wildman–Crippen MR) is 84.5 cm³/mol. The maximum atomic E-state index is 12.8. The molecule has 128 valence electrons. The lowest BCUT2D eigenvalue weighted by atomic mass is 9.94. The fourth-order valence-electron chi connectivity index (χ4n) is 2.16. The van der Waals surface area contributed by atoms with Gasteiger partial charge in [0.2, 0.25) is 5.91 Å². The van der Waals surface area contributed by atoms with E-state index in [0.29, 0.717) is 11.3 Å². The lowest BCUT2D eigenvalue weighted by Crippen LogP contribution is -2.31. The molecule has 4 nitrogen and oxygen atoms in total. The summed E-state index contributed by atoms with van der Waals surface area (Å²) in [6, 6.07) is 10.8. The number of amides is 1. The Morgan fingerprint density at radius 1 is 1.12 bits per heavy atom. The van der Waals surface area contributed by atoms with Crippen LogP contribution in [0.15, 0.2) is 48.5 Å². The van der Waals surface area contributed by atoms with Gasteiger partial charge in [-0.25, -0.2) is 0 Å². The van der Waals surface area contributed by atoms with Gasteiger partial charge in [-0.05, 0) is 48.9 Å². The largest absolute Gasteiger partial charge is 0.416 e. The first kappa shape index (κ1) is 17.8. The summed E-state index contributed by atoms with van der Waals surface area (Å²) in [5, 5.41) is 13.4. The van der Waals surface area contributed by atoms with Gasteiger partial charge in [0.25, 0.3) is 0 Å². The fourth-order valence-corrected chi connectivity index (χ4v) is 2.16. The molecular formula is C17H17F3N2O2. The molecule has 0 fully saturated rings. The first-order chi connectivity index (χ1) is 11.1. The molecule has 0 aromatic heterocycles. The van der Waals surface area contributed by atoms with Crippen LogP contribution in [0.5, 0.6) is 0 Å². The number of nitrogens with one attached hydrogen (secondary N) is 1. The zero-order chi connectivity index (χ0) is 18.0. The maximum absolute atomic E-state index is 12.8. The Bertz CT molecular complexity index is 725. The summed E-state index contributed by atoms with van der Waals surface area (Å²) in [6.45, 7) is 1.41. The van der Waals surface area contributed by atoms with Crippen LogP contribution in [-0.4, -0.2) is 17.6 Å². The summed E-state index contributed by atoms with van der Waals surface area (Å²) < 4.78 is 38.3. The van der Waals surface area contributed by atoms with Crippen molar-refractivity contribution in [1.29, 1.82) is 0 Å². The quantitative estimate of drug-likeness (QED) is 0.784. The highest BCUT2D eigenvalue weighted by Gasteiger charge is 2.32. The van der Waals surface area contributed by atoms with E-state index in [-0.39, 0.29) is 12.1 Å². The molecule has 0 bridgehead atoms. The minimum Gasteiger partial charge on any atom is -0.384 e. The molecule has 0 aliphatic heterocycles. The van der Waals surface area contributed by atoms with E-state index in [1.54, 1.807) is 12.1 Å². The van der Waals surface area contributed by atoms with Crippen LogP contribution in [0.1, 0.15) is 28.4 Å². The molecule has 24 heavy (non-hydrogen) atoms. The van der Waals surface area contributed by atoms with Crippen molar-refractivity contribution >= 4 is 11.6 Å². The first-order valence-electron chi connectivity index (χ1n) is 7.13. The molecule has 2 rings (SSSR count). The molecule has 0 heterocycles. The van der Waals surface area contributed by atoms with Gasteiger partial charge in [-0.15, -0.1) is 0 Å². The fraction of sp³-hybridized carbons (Fsp3) is 0.235. The maximum Gasteiger partial charge on any atom is 0.416 e. The third-order valence-electron chi connectivity index (χ3n) is 3.62. The molecule has 0 aliphatic carbocycles. The Balaban J connectivity index is 2.12. The van der Waals surface area contributed by atoms with Gasteiger partial charge < -0.3 is 16.2 Å². The number of carbonyl (C=O) groups is 1. The number of rotatable bonds is 5. The second-order valence-corrected chi connectivity index (χ2v) is 5.65. The lowest BCUT2D eigenvalue weighted by molar-refractivity contribution is -0.137. The van der Waals surface area contributed by atoms with E-state index in [4.69, 9.17) is 5.73 Å². The minimum absolute atomic E-state index is 0.00969. The zero-order valence-corrected chi connectivity index (χ0v) is 12.9. The van der Waals surface area contributed by atoms with E-state index in [1.807, 2.05) is 0 Å². The predicted octanol–water partition coefficient (Wildman–Crippen LogP) is 3.12. The number of alkyl halides is 3. The Morgan fingerprint density at radius 3 is 2.25 bits per heavy atom. The van der Waals surface area contributed by atoms with E-state index >= 15 is 0 Å². The monoisotopic (exact) mass is 338 g/mol. The van der Waals surface area contributed by atoms with Gasteiger partial charge >= 0.3 is 6.18 Å². The van der Waals surface area contributed by atoms with Crippen LogP contribution in [0, 0.1) is 0 Å². The van der Waals surface area contributed by atoms with Crippen LogP contribution in [0.2, 0.25) is 0 Å². The van der Waals surface area contributed by atoms with Crippen molar-refractivity contribution in [3.8, 4) is 0 Å². The molecule has 2 aromatic rings. The average Bonchev–Trinajstić information content (AvgIpc) is 2.53. The van der Waals surface area contributed by atoms with Crippen molar-refractivity contribution in [2.24, 2.45) is 5.73 Å². The van der Waals surface area contributed by atoms with Crippen LogP contribution < -0.4 is 11.1 Å². The van der Waals surface area contributed by atoms with E-state index < -0.39 is 23.2 Å². The number of halogens is 3. The summed E-state index contributed by atoms with van der Waals surface area (Å²) >= 11 is 0. The lowest BCUT2D eigenvalue weighted by Gasteiger charge is -2.25. The SMILES string of the molecule is CC(O)(CNc1ccc(C(N)=O)cc1)c1cccc(C(F)(F)F)c1. The standard InChI is InChI=1S/C17H17F3N2O2/c1-16(24,12-3-2-4-13(9-12)17(18,19)20)10-22-14-7-5-11(6-8-14)15(21)23/h2-9,22,24H,10H2,1H3,(H2,21,23). The Hall–Kier alpha value is -2.54. The van der Waals surface area contributed by atoms with Gasteiger partial charge in [-0.1, -0.05) is 12.1 Å². The van der Waals surface area contributed by atoms with Gasteiger partial charge in [0.05, 0.1) is 5.56 Å². The minimum atomic E-state index is -4.47. The highest BCUT2D eigenvalue weighted by Crippen LogP contribution is 2.32. The second-order valence-electron chi connectivity index (χ2n) is 5.65. The summed E-state index contributed by atoms with van der Waals surface area (Å²) in [6.07, 6.45) is -4.47. The van der Waals surface area contributed by atoms with Crippen molar-refractivity contribution in [2.75, 3.05) is 11.9 Å². The molecule has 4 N–H and O–H groups in total. The number of benzene rings is 2. The Kier molecular flexibility index (Phi) is 4.84. The number of hydrogen-bond acceptors (Lipinski definition) is 3. The summed E-state index contributed by atoms with van der Waals surface area (Å²) in [4.78, 5) is 11.0. The van der Waals surface area contributed by atoms with Crippen molar-refractivity contribution in [3.63, 3.8) is 0 Å². The number of anilines is 1. The van der Waals surface area contributed by atoms with Crippen LogP contribution >= 0.6 is 0 Å². The molecule has 2 aromatic carbocycles. The van der Waals surface area contributed by atoms with Crippen molar-refractivity contribution in [1.82, 2.24) is 0 Å². The normalized spacial score (nSPS) is 14.0. The van der Waals surface area contributed by atoms with Gasteiger partial charge in [0.15, 0.2) is 0 Å². The molecule has 1 atom stereocenters. The van der Waals surface area contributed by atoms with Crippen LogP contribution in [0.3, 0.4) is 0 Å². The molecule has 0 spiro atoms. The van der Waals surface area contributed by atoms with Crippen molar-refractivity contribution in [3.05, 3.63) is 65.2 Å².